The quantitative estimate of drug-likeness (QED) is 0.482. The lowest BCUT2D eigenvalue weighted by Crippen LogP contribution is -2.16. The largest absolute Gasteiger partial charge is 0.382 e. The maximum Gasteiger partial charge on any atom is 0.256 e. The Labute approximate surface area is 191 Å². The fourth-order valence-electron chi connectivity index (χ4n) is 3.16. The number of benzene rings is 2. The summed E-state index contributed by atoms with van der Waals surface area (Å²) in [7, 11) is 0. The third kappa shape index (κ3) is 5.23. The molecule has 162 valence electrons. The van der Waals surface area contributed by atoms with Crippen LogP contribution < -0.4 is 16.4 Å². The normalized spacial score (nSPS) is 11.3. The molecule has 0 radical (unpaired) electrons. The predicted octanol–water partition coefficient (Wildman–Crippen LogP) is 5.15. The van der Waals surface area contributed by atoms with E-state index in [0.29, 0.717) is 28.9 Å². The summed E-state index contributed by atoms with van der Waals surface area (Å²) in [6.07, 6.45) is 2.07. The Morgan fingerprint density at radius 2 is 1.88 bits per heavy atom. The van der Waals surface area contributed by atoms with Gasteiger partial charge in [0.2, 0.25) is 0 Å². The van der Waals surface area contributed by atoms with Gasteiger partial charge in [0.15, 0.2) is 0 Å². The maximum atomic E-state index is 12.8. The standard InChI is InChI=1S/C24H22ClN5O2/c1-3-15(12-26)16-5-4-6-17(9-16)23(31)29-18-8-7-14(2)20(10-18)24(32)30-19-11-21(25)22(27)28-13-19/h4-11,13,15H,3H2,1-2H3,(H2,27,28)(H,29,31)(H,30,32). The highest BCUT2D eigenvalue weighted by Gasteiger charge is 2.15. The van der Waals surface area contributed by atoms with Gasteiger partial charge in [0, 0.05) is 16.8 Å². The number of hydrogen-bond acceptors (Lipinski definition) is 5. The Hall–Kier alpha value is -3.89. The number of hydrogen-bond donors (Lipinski definition) is 3. The van der Waals surface area contributed by atoms with Crippen molar-refractivity contribution >= 4 is 40.6 Å². The average Bonchev–Trinajstić information content (AvgIpc) is 2.78. The van der Waals surface area contributed by atoms with Crippen molar-refractivity contribution in [3.8, 4) is 6.07 Å². The van der Waals surface area contributed by atoms with Crippen molar-refractivity contribution in [2.75, 3.05) is 16.4 Å². The van der Waals surface area contributed by atoms with Crippen molar-refractivity contribution in [1.82, 2.24) is 4.98 Å². The lowest BCUT2D eigenvalue weighted by atomic mass is 9.96. The molecular formula is C24H22ClN5O2. The zero-order valence-electron chi connectivity index (χ0n) is 17.6. The van der Waals surface area contributed by atoms with E-state index in [2.05, 4.69) is 21.7 Å². The average molecular weight is 448 g/mol. The first-order valence-electron chi connectivity index (χ1n) is 9.96. The molecule has 3 rings (SSSR count). The van der Waals surface area contributed by atoms with E-state index in [1.54, 1.807) is 43.3 Å². The Bertz CT molecular complexity index is 1220. The summed E-state index contributed by atoms with van der Waals surface area (Å²) in [6.45, 7) is 3.72. The SMILES string of the molecule is CCC(C#N)c1cccc(C(=O)Nc2ccc(C)c(C(=O)Nc3cnc(N)c(Cl)c3)c2)c1. The van der Waals surface area contributed by atoms with Crippen LogP contribution in [0.3, 0.4) is 0 Å². The molecule has 0 saturated carbocycles. The number of aryl methyl sites for hydroxylation is 1. The van der Waals surface area contributed by atoms with Crippen molar-refractivity contribution in [3.05, 3.63) is 82.0 Å². The van der Waals surface area contributed by atoms with Crippen LogP contribution in [0.25, 0.3) is 0 Å². The fraction of sp³-hybridized carbons (Fsp3) is 0.167. The topological polar surface area (TPSA) is 121 Å². The van der Waals surface area contributed by atoms with Crippen LogP contribution >= 0.6 is 11.6 Å². The number of halogens is 1. The van der Waals surface area contributed by atoms with Gasteiger partial charge in [0.05, 0.1) is 28.9 Å². The van der Waals surface area contributed by atoms with E-state index in [9.17, 15) is 14.9 Å². The molecule has 32 heavy (non-hydrogen) atoms. The van der Waals surface area contributed by atoms with Crippen molar-refractivity contribution in [1.29, 1.82) is 5.26 Å². The predicted molar refractivity (Wildman–Crippen MR) is 126 cm³/mol. The van der Waals surface area contributed by atoms with Gasteiger partial charge >= 0.3 is 0 Å². The number of carbonyl (C=O) groups excluding carboxylic acids is 2. The van der Waals surface area contributed by atoms with E-state index in [1.807, 2.05) is 13.0 Å². The summed E-state index contributed by atoms with van der Waals surface area (Å²) in [5, 5.41) is 15.1. The minimum atomic E-state index is -0.372. The van der Waals surface area contributed by atoms with Gasteiger partial charge in [-0.3, -0.25) is 9.59 Å². The summed E-state index contributed by atoms with van der Waals surface area (Å²) in [5.41, 5.74) is 8.82. The molecule has 0 aliphatic rings. The van der Waals surface area contributed by atoms with E-state index in [0.717, 1.165) is 11.1 Å². The molecule has 2 aromatic carbocycles. The second-order valence-electron chi connectivity index (χ2n) is 7.24. The Morgan fingerprint density at radius 3 is 2.56 bits per heavy atom. The highest BCUT2D eigenvalue weighted by atomic mass is 35.5. The van der Waals surface area contributed by atoms with Gasteiger partial charge in [0.1, 0.15) is 5.82 Å². The number of aromatic nitrogens is 1. The van der Waals surface area contributed by atoms with Crippen LogP contribution in [0.5, 0.6) is 0 Å². The lowest BCUT2D eigenvalue weighted by molar-refractivity contribution is 0.101. The molecule has 3 aromatic rings. The van der Waals surface area contributed by atoms with Crippen LogP contribution in [-0.2, 0) is 0 Å². The van der Waals surface area contributed by atoms with Crippen LogP contribution in [0.1, 0.15) is 51.1 Å². The molecule has 0 bridgehead atoms. The lowest BCUT2D eigenvalue weighted by Gasteiger charge is -2.12. The number of nitrogens with one attached hydrogen (secondary N) is 2. The molecule has 1 heterocycles. The van der Waals surface area contributed by atoms with Crippen LogP contribution in [0.4, 0.5) is 17.2 Å². The summed E-state index contributed by atoms with van der Waals surface area (Å²) in [4.78, 5) is 29.5. The van der Waals surface area contributed by atoms with E-state index in [4.69, 9.17) is 17.3 Å². The van der Waals surface area contributed by atoms with E-state index >= 15 is 0 Å². The molecule has 2 amide bonds. The van der Waals surface area contributed by atoms with Crippen molar-refractivity contribution in [2.45, 2.75) is 26.2 Å². The van der Waals surface area contributed by atoms with Gasteiger partial charge in [-0.25, -0.2) is 4.98 Å². The second kappa shape index (κ2) is 9.94. The van der Waals surface area contributed by atoms with Crippen molar-refractivity contribution < 1.29 is 9.59 Å². The molecular weight excluding hydrogens is 426 g/mol. The van der Waals surface area contributed by atoms with Crippen molar-refractivity contribution in [2.24, 2.45) is 0 Å². The van der Waals surface area contributed by atoms with Crippen LogP contribution in [0.15, 0.2) is 54.7 Å². The molecule has 1 atom stereocenters. The minimum absolute atomic E-state index is 0.176. The summed E-state index contributed by atoms with van der Waals surface area (Å²) in [5.74, 6) is -0.796. The Morgan fingerprint density at radius 1 is 1.12 bits per heavy atom. The molecule has 1 unspecified atom stereocenters. The maximum absolute atomic E-state index is 12.8. The number of nitrogens with two attached hydrogens (primary N) is 1. The zero-order chi connectivity index (χ0) is 23.3. The van der Waals surface area contributed by atoms with Gasteiger partial charge < -0.3 is 16.4 Å². The summed E-state index contributed by atoms with van der Waals surface area (Å²) >= 11 is 5.96. The van der Waals surface area contributed by atoms with Gasteiger partial charge in [-0.1, -0.05) is 36.7 Å². The number of amides is 2. The zero-order valence-corrected chi connectivity index (χ0v) is 18.4. The molecule has 0 aliphatic carbocycles. The third-order valence-corrected chi connectivity index (χ3v) is 5.29. The van der Waals surface area contributed by atoms with Gasteiger partial charge in [-0.15, -0.1) is 0 Å². The third-order valence-electron chi connectivity index (χ3n) is 4.98. The molecule has 4 N–H and O–H groups in total. The first kappa shape index (κ1) is 22.8. The monoisotopic (exact) mass is 447 g/mol. The minimum Gasteiger partial charge on any atom is -0.382 e. The smallest absolute Gasteiger partial charge is 0.256 e. The molecule has 0 aliphatic heterocycles. The van der Waals surface area contributed by atoms with Gasteiger partial charge in [0.25, 0.3) is 11.8 Å². The number of pyridine rings is 1. The summed E-state index contributed by atoms with van der Waals surface area (Å²) < 4.78 is 0. The second-order valence-corrected chi connectivity index (χ2v) is 7.65. The number of rotatable bonds is 6. The number of nitriles is 1. The first-order valence-corrected chi connectivity index (χ1v) is 10.3. The molecule has 8 heteroatoms. The summed E-state index contributed by atoms with van der Waals surface area (Å²) in [6, 6.07) is 15.8. The number of nitrogens with zero attached hydrogens (tertiary/aromatic N) is 2. The van der Waals surface area contributed by atoms with E-state index < -0.39 is 0 Å². The first-order chi connectivity index (χ1) is 15.3. The molecule has 1 aromatic heterocycles. The number of carbonyl (C=O) groups is 2. The van der Waals surface area contributed by atoms with E-state index in [1.165, 1.54) is 12.3 Å². The number of nitrogen functional groups attached to an aromatic ring is 1. The molecule has 0 fully saturated rings. The molecule has 7 nitrogen and oxygen atoms in total. The van der Waals surface area contributed by atoms with Gasteiger partial charge in [-0.05, 0) is 54.8 Å². The Kier molecular flexibility index (Phi) is 7.08. The van der Waals surface area contributed by atoms with Gasteiger partial charge in [-0.2, -0.15) is 5.26 Å². The fourth-order valence-corrected chi connectivity index (χ4v) is 3.33. The number of anilines is 3. The molecule has 0 spiro atoms. The van der Waals surface area contributed by atoms with Crippen LogP contribution in [0.2, 0.25) is 5.02 Å². The van der Waals surface area contributed by atoms with Crippen molar-refractivity contribution in [3.63, 3.8) is 0 Å². The van der Waals surface area contributed by atoms with E-state index in [-0.39, 0.29) is 28.6 Å². The highest BCUT2D eigenvalue weighted by Crippen LogP contribution is 2.23. The van der Waals surface area contributed by atoms with Crippen LogP contribution in [0, 0.1) is 18.3 Å². The van der Waals surface area contributed by atoms with Crippen LogP contribution in [-0.4, -0.2) is 16.8 Å². The Balaban J connectivity index is 1.79. The highest BCUT2D eigenvalue weighted by molar-refractivity contribution is 6.33. The molecule has 0 saturated heterocycles.